The van der Waals surface area contributed by atoms with Crippen LogP contribution in [0.15, 0.2) is 54.6 Å². The predicted molar refractivity (Wildman–Crippen MR) is 172 cm³/mol. The number of benzene rings is 2. The molecule has 6 N–H and O–H groups in total. The molecule has 0 unspecified atom stereocenters. The van der Waals surface area contributed by atoms with Crippen LogP contribution in [0.3, 0.4) is 0 Å². The summed E-state index contributed by atoms with van der Waals surface area (Å²) in [5, 5.41) is 64.5. The molecule has 2 aromatic rings. The molecule has 3 rings (SSSR count). The molecule has 0 aromatic heterocycles. The summed E-state index contributed by atoms with van der Waals surface area (Å²) in [6.07, 6.45) is -7.63. The number of aliphatic hydroxyl groups excluding tert-OH is 3. The summed E-state index contributed by atoms with van der Waals surface area (Å²) in [5.41, 5.74) is 2.04. The van der Waals surface area contributed by atoms with Crippen molar-refractivity contribution in [1.82, 2.24) is 20.9 Å². The third-order valence-corrected chi connectivity index (χ3v) is 8.02. The number of nitrogens with zero attached hydrogens (tertiary/aromatic N) is 1. The molecule has 274 valence electrons. The van der Waals surface area contributed by atoms with Crippen LogP contribution in [-0.2, 0) is 28.7 Å². The first-order valence-corrected chi connectivity index (χ1v) is 16.1. The van der Waals surface area contributed by atoms with Crippen LogP contribution in [0.5, 0.6) is 0 Å². The molecule has 0 bridgehead atoms. The Morgan fingerprint density at radius 3 is 2.08 bits per heavy atom. The van der Waals surface area contributed by atoms with Crippen molar-refractivity contribution in [3.63, 3.8) is 0 Å². The Morgan fingerprint density at radius 1 is 0.904 bits per heavy atom. The maximum Gasteiger partial charge on any atom is 1.00 e. The predicted octanol–water partition coefficient (Wildman–Crippen LogP) is -9.10. The van der Waals surface area contributed by atoms with Gasteiger partial charge in [0, 0.05) is 25.0 Å². The van der Waals surface area contributed by atoms with Crippen LogP contribution in [-0.4, -0.2) is 126 Å². The van der Waals surface area contributed by atoms with Gasteiger partial charge in [0.15, 0.2) is 0 Å². The Labute approximate surface area is 346 Å². The number of rotatable bonds is 18. The first-order chi connectivity index (χ1) is 23.7. The van der Waals surface area contributed by atoms with Gasteiger partial charge in [-0.25, -0.2) is 0 Å². The topological polar surface area (TPSA) is 250 Å². The fourth-order valence-electron chi connectivity index (χ4n) is 5.56. The molecule has 1 aliphatic rings. The Bertz CT molecular complexity index is 1470. The Balaban J connectivity index is 0.00000676. The third-order valence-electron chi connectivity index (χ3n) is 8.02. The van der Waals surface area contributed by atoms with Crippen molar-refractivity contribution < 1.29 is 118 Å². The number of amides is 3. The van der Waals surface area contributed by atoms with E-state index in [0.717, 1.165) is 18.1 Å². The molecule has 18 heteroatoms. The Morgan fingerprint density at radius 2 is 1.52 bits per heavy atom. The van der Waals surface area contributed by atoms with Gasteiger partial charge >= 0.3 is 59.1 Å². The summed E-state index contributed by atoms with van der Waals surface area (Å²) in [6, 6.07) is 12.9. The fraction of sp³-hybridized carbons (Fsp3) is 0.500. The van der Waals surface area contributed by atoms with Crippen LogP contribution in [0.25, 0.3) is 11.1 Å². The number of carboxylic acid groups (broad SMARTS) is 2. The van der Waals surface area contributed by atoms with E-state index in [0.29, 0.717) is 0 Å². The van der Waals surface area contributed by atoms with Gasteiger partial charge in [0.1, 0.15) is 24.3 Å². The Hall–Kier alpha value is -2.45. The number of carboxylic acids is 2. The minimum absolute atomic E-state index is 0. The van der Waals surface area contributed by atoms with Gasteiger partial charge in [0.25, 0.3) is 5.91 Å². The van der Waals surface area contributed by atoms with Crippen LogP contribution >= 0.6 is 0 Å². The molecule has 0 radical (unpaired) electrons. The van der Waals surface area contributed by atoms with E-state index in [-0.39, 0.29) is 96.9 Å². The van der Waals surface area contributed by atoms with Crippen LogP contribution in [0.4, 0.5) is 0 Å². The molecule has 0 aliphatic carbocycles. The number of ether oxygens (including phenoxy) is 2. The molecular formula is C34H44N4Na2O12. The van der Waals surface area contributed by atoms with Crippen molar-refractivity contribution in [2.45, 2.75) is 74.9 Å². The molecule has 1 aliphatic heterocycles. The quantitative estimate of drug-likeness (QED) is 0.0614. The minimum Gasteiger partial charge on any atom is -0.550 e. The number of hydrogen-bond donors (Lipinski definition) is 6. The first kappa shape index (κ1) is 47.6. The average molecular weight is 747 g/mol. The van der Waals surface area contributed by atoms with Crippen LogP contribution in [0.1, 0.15) is 43.0 Å². The third kappa shape index (κ3) is 13.4. The van der Waals surface area contributed by atoms with E-state index in [1.165, 1.54) is 4.90 Å². The van der Waals surface area contributed by atoms with Crippen molar-refractivity contribution in [3.05, 3.63) is 60.2 Å². The number of aliphatic carboxylic acids is 2. The SMILES string of the molecule is CC(=O)N[C@@H]1[C@@H](NC(=O)CN(C)C)[C@H](O)[C@](OCCCCCC(=O)[O-])(C(=O)[O-])O[C@H]1[C@H](O)[C@H](O)CNC(=O)c1ccc(-c2ccccc2)cc1.[Na+].[Na+]. The van der Waals surface area contributed by atoms with Crippen molar-refractivity contribution in [2.75, 3.05) is 33.8 Å². The van der Waals surface area contributed by atoms with Gasteiger partial charge in [-0.2, -0.15) is 0 Å². The maximum absolute atomic E-state index is 12.9. The summed E-state index contributed by atoms with van der Waals surface area (Å²) in [6.45, 7) is -0.0860. The standard InChI is InChI=1S/C34H46N4O12.2Na/c1-20(39)36-27-28(37-25(41)19-38(2)3)31(45)34(33(47)48,49-17-9-5-8-12-26(42)43)50-30(27)29(44)24(40)18-35-32(46)23-15-13-22(14-16-23)21-10-6-4-7-11-21;;/h4,6-7,10-11,13-16,24,27-31,40,44-45H,5,8-9,12,17-19H2,1-3H3,(H,35,46)(H,36,39)(H,37,41)(H,42,43)(H,47,48);;/q;2*+1/p-2/t24-,27-,28-,29-,30-,31+,34-;;/m1../s1. The average Bonchev–Trinajstić information content (AvgIpc) is 3.07. The van der Waals surface area contributed by atoms with Gasteiger partial charge in [0.05, 0.1) is 31.3 Å². The molecule has 7 atom stereocenters. The normalized spacial score (nSPS) is 22.1. The monoisotopic (exact) mass is 746 g/mol. The van der Waals surface area contributed by atoms with Crippen LogP contribution < -0.4 is 85.3 Å². The second kappa shape index (κ2) is 22.7. The van der Waals surface area contributed by atoms with Crippen LogP contribution in [0, 0.1) is 0 Å². The number of carbonyl (C=O) groups excluding carboxylic acids is 5. The summed E-state index contributed by atoms with van der Waals surface area (Å²) < 4.78 is 11.2. The summed E-state index contributed by atoms with van der Waals surface area (Å²) in [7, 11) is 3.16. The van der Waals surface area contributed by atoms with E-state index < -0.39 is 85.1 Å². The van der Waals surface area contributed by atoms with E-state index in [1.807, 2.05) is 30.3 Å². The number of aliphatic hydroxyl groups is 3. The zero-order chi connectivity index (χ0) is 37.0. The fourth-order valence-corrected chi connectivity index (χ4v) is 5.56. The number of likely N-dealkylation sites (N-methyl/N-ethyl adjacent to an activating group) is 1. The first-order valence-electron chi connectivity index (χ1n) is 16.1. The summed E-state index contributed by atoms with van der Waals surface area (Å²) >= 11 is 0. The van der Waals surface area contributed by atoms with E-state index in [2.05, 4.69) is 16.0 Å². The van der Waals surface area contributed by atoms with E-state index in [4.69, 9.17) is 9.47 Å². The van der Waals surface area contributed by atoms with Crippen molar-refractivity contribution in [3.8, 4) is 11.1 Å². The van der Waals surface area contributed by atoms with Gasteiger partial charge in [-0.15, -0.1) is 0 Å². The second-order valence-corrected chi connectivity index (χ2v) is 12.3. The Kier molecular flexibility index (Phi) is 20.8. The molecule has 1 heterocycles. The van der Waals surface area contributed by atoms with Gasteiger partial charge in [0.2, 0.25) is 17.6 Å². The largest absolute Gasteiger partial charge is 1.00 e. The molecule has 2 aromatic carbocycles. The van der Waals surface area contributed by atoms with E-state index >= 15 is 0 Å². The zero-order valence-electron chi connectivity index (χ0n) is 30.1. The molecule has 1 saturated heterocycles. The molecule has 16 nitrogen and oxygen atoms in total. The summed E-state index contributed by atoms with van der Waals surface area (Å²) in [4.78, 5) is 62.9. The maximum atomic E-state index is 12.9. The molecule has 1 fully saturated rings. The molecule has 0 saturated carbocycles. The smallest absolute Gasteiger partial charge is 0.550 e. The van der Waals surface area contributed by atoms with E-state index in [1.54, 1.807) is 38.4 Å². The van der Waals surface area contributed by atoms with Crippen molar-refractivity contribution >= 4 is 29.7 Å². The molecule has 52 heavy (non-hydrogen) atoms. The van der Waals surface area contributed by atoms with Crippen LogP contribution in [0.2, 0.25) is 0 Å². The van der Waals surface area contributed by atoms with E-state index in [9.17, 15) is 49.5 Å². The van der Waals surface area contributed by atoms with Crippen molar-refractivity contribution in [2.24, 2.45) is 0 Å². The van der Waals surface area contributed by atoms with Gasteiger partial charge in [-0.05, 0) is 56.6 Å². The molecule has 0 spiro atoms. The molecule has 3 amide bonds. The van der Waals surface area contributed by atoms with Crippen molar-refractivity contribution in [1.29, 1.82) is 0 Å². The number of nitrogens with one attached hydrogen (secondary N) is 3. The minimum atomic E-state index is -3.03. The second-order valence-electron chi connectivity index (χ2n) is 12.3. The number of hydrogen-bond acceptors (Lipinski definition) is 13. The molecular weight excluding hydrogens is 702 g/mol. The number of carbonyl (C=O) groups is 5. The van der Waals surface area contributed by atoms with Gasteiger partial charge < -0.3 is 65.4 Å². The zero-order valence-corrected chi connectivity index (χ0v) is 34.1. The summed E-state index contributed by atoms with van der Waals surface area (Å²) in [5.74, 6) is -8.41. The number of unbranched alkanes of at least 4 members (excludes halogenated alkanes) is 2. The van der Waals surface area contributed by atoms with Gasteiger partial charge in [-0.1, -0.05) is 48.9 Å². The van der Waals surface area contributed by atoms with Gasteiger partial charge in [-0.3, -0.25) is 14.4 Å².